The molecule has 0 heterocycles. The fourth-order valence-electron chi connectivity index (χ4n) is 1.32. The van der Waals surface area contributed by atoms with Crippen molar-refractivity contribution < 1.29 is 13.2 Å². The molecule has 0 aromatic heterocycles. The van der Waals surface area contributed by atoms with E-state index in [9.17, 15) is 13.2 Å². The molecule has 80 valence electrons. The second kappa shape index (κ2) is 3.91. The monoisotopic (exact) mass is 214 g/mol. The van der Waals surface area contributed by atoms with E-state index in [0.717, 1.165) is 6.07 Å². The summed E-state index contributed by atoms with van der Waals surface area (Å²) >= 11 is 0. The standard InChI is InChI=1S/C10H9F3N2/c1-6-2-8(5-15)9(10(11,12)13)3-7(6)4-14/h2-3H,5,15H2,1H3. The van der Waals surface area contributed by atoms with E-state index in [4.69, 9.17) is 11.0 Å². The van der Waals surface area contributed by atoms with Crippen LogP contribution in [-0.4, -0.2) is 0 Å². The number of nitrogens with zero attached hydrogens (tertiary/aromatic N) is 1. The van der Waals surface area contributed by atoms with Crippen LogP contribution in [0.15, 0.2) is 12.1 Å². The highest BCUT2D eigenvalue weighted by atomic mass is 19.4. The van der Waals surface area contributed by atoms with Gasteiger partial charge in [0.2, 0.25) is 0 Å². The predicted molar refractivity (Wildman–Crippen MR) is 48.8 cm³/mol. The van der Waals surface area contributed by atoms with Crippen molar-refractivity contribution in [1.82, 2.24) is 0 Å². The number of aryl methyl sites for hydroxylation is 1. The number of nitrogens with two attached hydrogens (primary N) is 1. The normalized spacial score (nSPS) is 11.2. The average Bonchev–Trinajstić information content (AvgIpc) is 2.15. The molecule has 0 atom stereocenters. The van der Waals surface area contributed by atoms with Gasteiger partial charge in [0.15, 0.2) is 0 Å². The highest BCUT2D eigenvalue weighted by Crippen LogP contribution is 2.33. The first-order chi connectivity index (χ1) is 6.90. The summed E-state index contributed by atoms with van der Waals surface area (Å²) in [6.07, 6.45) is -4.46. The molecule has 0 fully saturated rings. The summed E-state index contributed by atoms with van der Waals surface area (Å²) < 4.78 is 37.6. The zero-order valence-electron chi connectivity index (χ0n) is 8.02. The van der Waals surface area contributed by atoms with Crippen LogP contribution in [-0.2, 0) is 12.7 Å². The van der Waals surface area contributed by atoms with Crippen LogP contribution in [0.1, 0.15) is 22.3 Å². The highest BCUT2D eigenvalue weighted by molar-refractivity contribution is 5.45. The molecule has 2 N–H and O–H groups in total. The first kappa shape index (κ1) is 11.5. The Labute approximate surface area is 85.1 Å². The molecule has 0 saturated carbocycles. The number of alkyl halides is 3. The summed E-state index contributed by atoms with van der Waals surface area (Å²) in [6, 6.07) is 3.87. The van der Waals surface area contributed by atoms with Crippen molar-refractivity contribution >= 4 is 0 Å². The lowest BCUT2D eigenvalue weighted by atomic mass is 9.99. The lowest BCUT2D eigenvalue weighted by Crippen LogP contribution is -2.13. The maximum Gasteiger partial charge on any atom is 0.416 e. The second-order valence-electron chi connectivity index (χ2n) is 3.14. The molecule has 0 radical (unpaired) electrons. The summed E-state index contributed by atoms with van der Waals surface area (Å²) in [5.41, 5.74) is 4.94. The number of hydrogen-bond donors (Lipinski definition) is 1. The average molecular weight is 214 g/mol. The fourth-order valence-corrected chi connectivity index (χ4v) is 1.32. The van der Waals surface area contributed by atoms with Gasteiger partial charge >= 0.3 is 6.18 Å². The smallest absolute Gasteiger partial charge is 0.326 e. The Bertz CT molecular complexity index is 416. The van der Waals surface area contributed by atoms with E-state index in [1.54, 1.807) is 13.0 Å². The van der Waals surface area contributed by atoms with Crippen LogP contribution >= 0.6 is 0 Å². The third-order valence-corrected chi connectivity index (χ3v) is 2.10. The van der Waals surface area contributed by atoms with Crippen LogP contribution in [0.5, 0.6) is 0 Å². The van der Waals surface area contributed by atoms with Gasteiger partial charge in [-0.2, -0.15) is 18.4 Å². The zero-order chi connectivity index (χ0) is 11.6. The van der Waals surface area contributed by atoms with Gasteiger partial charge < -0.3 is 5.73 Å². The van der Waals surface area contributed by atoms with Crippen LogP contribution in [0.4, 0.5) is 13.2 Å². The van der Waals surface area contributed by atoms with Crippen LogP contribution < -0.4 is 5.73 Å². The summed E-state index contributed by atoms with van der Waals surface area (Å²) in [4.78, 5) is 0. The minimum Gasteiger partial charge on any atom is -0.326 e. The summed E-state index contributed by atoms with van der Waals surface area (Å²) in [6.45, 7) is 1.39. The molecule has 5 heteroatoms. The van der Waals surface area contributed by atoms with Gasteiger partial charge in [0.1, 0.15) is 0 Å². The van der Waals surface area contributed by atoms with Gasteiger partial charge in [-0.3, -0.25) is 0 Å². The molecule has 0 bridgehead atoms. The lowest BCUT2D eigenvalue weighted by molar-refractivity contribution is -0.138. The third-order valence-electron chi connectivity index (χ3n) is 2.10. The van der Waals surface area contributed by atoms with E-state index >= 15 is 0 Å². The molecular weight excluding hydrogens is 205 g/mol. The van der Waals surface area contributed by atoms with Gasteiger partial charge in [-0.05, 0) is 24.1 Å². The number of rotatable bonds is 1. The van der Waals surface area contributed by atoms with Crippen molar-refractivity contribution in [3.05, 3.63) is 34.4 Å². The minimum absolute atomic E-state index is 0.0130. The van der Waals surface area contributed by atoms with Crippen molar-refractivity contribution in [2.75, 3.05) is 0 Å². The molecule has 0 saturated heterocycles. The first-order valence-electron chi connectivity index (χ1n) is 4.21. The molecule has 0 amide bonds. The number of benzene rings is 1. The van der Waals surface area contributed by atoms with Gasteiger partial charge in [0, 0.05) is 6.54 Å². The van der Waals surface area contributed by atoms with Crippen LogP contribution in [0.3, 0.4) is 0 Å². The van der Waals surface area contributed by atoms with Crippen molar-refractivity contribution in [2.24, 2.45) is 5.73 Å². The van der Waals surface area contributed by atoms with Gasteiger partial charge in [-0.25, -0.2) is 0 Å². The van der Waals surface area contributed by atoms with Crippen molar-refractivity contribution in [2.45, 2.75) is 19.6 Å². The molecule has 0 aliphatic carbocycles. The highest BCUT2D eigenvalue weighted by Gasteiger charge is 2.33. The third kappa shape index (κ3) is 2.28. The molecule has 1 aromatic carbocycles. The van der Waals surface area contributed by atoms with Crippen LogP contribution in [0.25, 0.3) is 0 Å². The quantitative estimate of drug-likeness (QED) is 0.780. The maximum absolute atomic E-state index is 12.5. The van der Waals surface area contributed by atoms with Crippen molar-refractivity contribution in [1.29, 1.82) is 5.26 Å². The molecule has 1 aromatic rings. The first-order valence-corrected chi connectivity index (χ1v) is 4.21. The predicted octanol–water partition coefficient (Wildman–Crippen LogP) is 2.34. The van der Waals surface area contributed by atoms with Crippen LogP contribution in [0.2, 0.25) is 0 Å². The molecule has 0 unspecified atom stereocenters. The maximum atomic E-state index is 12.5. The largest absolute Gasteiger partial charge is 0.416 e. The number of halogens is 3. The molecular formula is C10H9F3N2. The number of hydrogen-bond acceptors (Lipinski definition) is 2. The lowest BCUT2D eigenvalue weighted by Gasteiger charge is -2.13. The van der Waals surface area contributed by atoms with E-state index in [2.05, 4.69) is 0 Å². The molecule has 2 nitrogen and oxygen atoms in total. The molecule has 15 heavy (non-hydrogen) atoms. The van der Waals surface area contributed by atoms with Gasteiger partial charge in [-0.1, -0.05) is 6.07 Å². The Morgan fingerprint density at radius 1 is 1.40 bits per heavy atom. The topological polar surface area (TPSA) is 49.8 Å². The Morgan fingerprint density at radius 2 is 2.00 bits per heavy atom. The summed E-state index contributed by atoms with van der Waals surface area (Å²) in [5.74, 6) is 0. The van der Waals surface area contributed by atoms with E-state index in [-0.39, 0.29) is 17.7 Å². The fraction of sp³-hybridized carbons (Fsp3) is 0.300. The van der Waals surface area contributed by atoms with Gasteiger partial charge in [-0.15, -0.1) is 0 Å². The Morgan fingerprint density at radius 3 is 2.40 bits per heavy atom. The Balaban J connectivity index is 3.44. The molecule has 0 aliphatic heterocycles. The van der Waals surface area contributed by atoms with Crippen LogP contribution in [0, 0.1) is 18.3 Å². The van der Waals surface area contributed by atoms with E-state index in [0.29, 0.717) is 5.56 Å². The molecule has 0 spiro atoms. The van der Waals surface area contributed by atoms with Crippen molar-refractivity contribution in [3.63, 3.8) is 0 Å². The SMILES string of the molecule is Cc1cc(CN)c(C(F)(F)F)cc1C#N. The van der Waals surface area contributed by atoms with Gasteiger partial charge in [0.25, 0.3) is 0 Å². The van der Waals surface area contributed by atoms with E-state index in [1.165, 1.54) is 6.07 Å². The minimum atomic E-state index is -4.46. The second-order valence-corrected chi connectivity index (χ2v) is 3.14. The molecule has 1 rings (SSSR count). The summed E-state index contributed by atoms with van der Waals surface area (Å²) in [5, 5.41) is 8.62. The van der Waals surface area contributed by atoms with E-state index in [1.807, 2.05) is 0 Å². The molecule has 0 aliphatic rings. The van der Waals surface area contributed by atoms with Gasteiger partial charge in [0.05, 0.1) is 17.2 Å². The Kier molecular flexibility index (Phi) is 3.01. The zero-order valence-corrected chi connectivity index (χ0v) is 8.02. The Hall–Kier alpha value is -1.54. The summed E-state index contributed by atoms with van der Waals surface area (Å²) in [7, 11) is 0. The van der Waals surface area contributed by atoms with E-state index < -0.39 is 11.7 Å². The van der Waals surface area contributed by atoms with Crippen molar-refractivity contribution in [3.8, 4) is 6.07 Å². The number of nitriles is 1.